The van der Waals surface area contributed by atoms with E-state index in [-0.39, 0.29) is 5.91 Å². The first-order chi connectivity index (χ1) is 10.8. The van der Waals surface area contributed by atoms with E-state index in [0.29, 0.717) is 18.2 Å². The van der Waals surface area contributed by atoms with Gasteiger partial charge in [0.05, 0.1) is 5.52 Å². The largest absolute Gasteiger partial charge is 0.350 e. The van der Waals surface area contributed by atoms with Crippen LogP contribution in [-0.2, 0) is 6.42 Å². The highest BCUT2D eigenvalue weighted by Gasteiger charge is 2.30. The highest BCUT2D eigenvalue weighted by atomic mass is 32.1. The first-order valence-corrected chi connectivity index (χ1v) is 8.48. The number of thiophene rings is 1. The Balaban J connectivity index is 1.53. The Kier molecular flexibility index (Phi) is 3.42. The molecular weight excluding hydrogens is 294 g/mol. The van der Waals surface area contributed by atoms with Gasteiger partial charge in [0.25, 0.3) is 5.91 Å². The van der Waals surface area contributed by atoms with E-state index in [4.69, 9.17) is 0 Å². The van der Waals surface area contributed by atoms with Gasteiger partial charge >= 0.3 is 0 Å². The monoisotopic (exact) mass is 311 g/mol. The molecule has 1 fully saturated rings. The van der Waals surface area contributed by atoms with Crippen LogP contribution in [0.15, 0.2) is 41.9 Å². The molecule has 0 spiro atoms. The van der Waals surface area contributed by atoms with Crippen LogP contribution in [0.3, 0.4) is 0 Å². The van der Waals surface area contributed by atoms with E-state index in [0.717, 1.165) is 17.8 Å². The highest BCUT2D eigenvalue weighted by molar-refractivity contribution is 7.09. The van der Waals surface area contributed by atoms with Crippen LogP contribution in [0.1, 0.15) is 39.9 Å². The molecular formula is C17H17N3OS. The van der Waals surface area contributed by atoms with Crippen LogP contribution in [0.2, 0.25) is 0 Å². The molecule has 0 radical (unpaired) electrons. The van der Waals surface area contributed by atoms with Gasteiger partial charge in [-0.15, -0.1) is 11.3 Å². The predicted octanol–water partition coefficient (Wildman–Crippen LogP) is 3.25. The SMILES string of the molecule is O=C(NCCc1cccs1)c1nc(C2CC2)n2ccccc12. The molecule has 22 heavy (non-hydrogen) atoms. The van der Waals surface area contributed by atoms with E-state index in [1.807, 2.05) is 30.5 Å². The summed E-state index contributed by atoms with van der Waals surface area (Å²) in [7, 11) is 0. The van der Waals surface area contributed by atoms with Gasteiger partial charge in [0.2, 0.25) is 0 Å². The number of fused-ring (bicyclic) bond motifs is 1. The number of nitrogens with one attached hydrogen (secondary N) is 1. The minimum absolute atomic E-state index is 0.0767. The van der Waals surface area contributed by atoms with Gasteiger partial charge in [-0.25, -0.2) is 4.98 Å². The maximum absolute atomic E-state index is 12.5. The molecule has 5 heteroatoms. The topological polar surface area (TPSA) is 46.4 Å². The van der Waals surface area contributed by atoms with Gasteiger partial charge in [-0.1, -0.05) is 12.1 Å². The summed E-state index contributed by atoms with van der Waals surface area (Å²) in [5, 5.41) is 5.05. The summed E-state index contributed by atoms with van der Waals surface area (Å²) in [6, 6.07) is 10.0. The van der Waals surface area contributed by atoms with Gasteiger partial charge in [-0.05, 0) is 42.8 Å². The van der Waals surface area contributed by atoms with Crippen molar-refractivity contribution in [2.45, 2.75) is 25.2 Å². The fourth-order valence-electron chi connectivity index (χ4n) is 2.70. The molecule has 4 nitrogen and oxygen atoms in total. The summed E-state index contributed by atoms with van der Waals surface area (Å²) < 4.78 is 2.06. The lowest BCUT2D eigenvalue weighted by molar-refractivity contribution is 0.0951. The van der Waals surface area contributed by atoms with E-state index in [9.17, 15) is 4.79 Å². The van der Waals surface area contributed by atoms with Crippen molar-refractivity contribution >= 4 is 22.8 Å². The van der Waals surface area contributed by atoms with E-state index in [2.05, 4.69) is 26.1 Å². The summed E-state index contributed by atoms with van der Waals surface area (Å²) in [6.07, 6.45) is 5.21. The average Bonchev–Trinajstić information content (AvgIpc) is 3.11. The van der Waals surface area contributed by atoms with Gasteiger partial charge in [-0.3, -0.25) is 4.79 Å². The number of carbonyl (C=O) groups excluding carboxylic acids is 1. The van der Waals surface area contributed by atoms with Crippen LogP contribution in [0, 0.1) is 0 Å². The third kappa shape index (κ3) is 2.52. The number of pyridine rings is 1. The second-order valence-corrected chi connectivity index (χ2v) is 6.67. The molecule has 4 rings (SSSR count). The van der Waals surface area contributed by atoms with Crippen molar-refractivity contribution in [3.63, 3.8) is 0 Å². The number of carbonyl (C=O) groups is 1. The van der Waals surface area contributed by atoms with Gasteiger partial charge in [-0.2, -0.15) is 0 Å². The smallest absolute Gasteiger partial charge is 0.272 e. The molecule has 1 amide bonds. The average molecular weight is 311 g/mol. The molecule has 0 unspecified atom stereocenters. The number of hydrogen-bond acceptors (Lipinski definition) is 3. The minimum atomic E-state index is -0.0767. The third-order valence-electron chi connectivity index (χ3n) is 3.97. The Morgan fingerprint density at radius 1 is 1.32 bits per heavy atom. The highest BCUT2D eigenvalue weighted by Crippen LogP contribution is 2.39. The molecule has 0 bridgehead atoms. The second kappa shape index (κ2) is 5.57. The first-order valence-electron chi connectivity index (χ1n) is 7.60. The third-order valence-corrected chi connectivity index (χ3v) is 4.91. The van der Waals surface area contributed by atoms with Crippen LogP contribution in [0.25, 0.3) is 5.52 Å². The van der Waals surface area contributed by atoms with E-state index >= 15 is 0 Å². The summed E-state index contributed by atoms with van der Waals surface area (Å²) in [6.45, 7) is 0.643. The number of aromatic nitrogens is 2. The molecule has 1 aliphatic carbocycles. The quantitative estimate of drug-likeness (QED) is 0.786. The van der Waals surface area contributed by atoms with Gasteiger partial charge in [0.15, 0.2) is 5.69 Å². The Morgan fingerprint density at radius 2 is 2.23 bits per heavy atom. The molecule has 3 aromatic heterocycles. The van der Waals surface area contributed by atoms with Gasteiger partial charge in [0, 0.05) is 23.5 Å². The Labute approximate surface area is 132 Å². The zero-order valence-electron chi connectivity index (χ0n) is 12.2. The Hall–Kier alpha value is -2.14. The van der Waals surface area contributed by atoms with Crippen LogP contribution in [0.4, 0.5) is 0 Å². The van der Waals surface area contributed by atoms with Crippen molar-refractivity contribution < 1.29 is 4.79 Å². The molecule has 3 heterocycles. The fourth-order valence-corrected chi connectivity index (χ4v) is 3.40. The maximum atomic E-state index is 12.5. The lowest BCUT2D eigenvalue weighted by atomic mass is 10.3. The van der Waals surface area contributed by atoms with Crippen molar-refractivity contribution in [2.75, 3.05) is 6.54 Å². The van der Waals surface area contributed by atoms with Crippen LogP contribution < -0.4 is 5.32 Å². The summed E-state index contributed by atoms with van der Waals surface area (Å²) in [5.74, 6) is 1.47. The second-order valence-electron chi connectivity index (χ2n) is 5.63. The van der Waals surface area contributed by atoms with Gasteiger partial charge in [0.1, 0.15) is 5.82 Å². The van der Waals surface area contributed by atoms with Crippen LogP contribution in [-0.4, -0.2) is 21.8 Å². The molecule has 0 aliphatic heterocycles. The molecule has 0 atom stereocenters. The van der Waals surface area contributed by atoms with Gasteiger partial charge < -0.3 is 9.72 Å². The zero-order chi connectivity index (χ0) is 14.9. The number of rotatable bonds is 5. The Bertz CT molecular complexity index is 803. The van der Waals surface area contributed by atoms with E-state index in [1.165, 1.54) is 17.7 Å². The van der Waals surface area contributed by atoms with E-state index in [1.54, 1.807) is 11.3 Å². The molecule has 1 N–H and O–H groups in total. The van der Waals surface area contributed by atoms with Crippen molar-refractivity contribution in [3.05, 3.63) is 58.3 Å². The molecule has 112 valence electrons. The normalized spacial score (nSPS) is 14.4. The number of imidazole rings is 1. The lowest BCUT2D eigenvalue weighted by Crippen LogP contribution is -2.26. The fraction of sp³-hybridized carbons (Fsp3) is 0.294. The lowest BCUT2D eigenvalue weighted by Gasteiger charge is -2.02. The van der Waals surface area contributed by atoms with Crippen molar-refractivity contribution in [2.24, 2.45) is 0 Å². The minimum Gasteiger partial charge on any atom is -0.350 e. The molecule has 0 aromatic carbocycles. The van der Waals surface area contributed by atoms with E-state index < -0.39 is 0 Å². The first kappa shape index (κ1) is 13.5. The van der Waals surface area contributed by atoms with Crippen molar-refractivity contribution in [3.8, 4) is 0 Å². The van der Waals surface area contributed by atoms with Crippen LogP contribution in [0.5, 0.6) is 0 Å². The number of hydrogen-bond donors (Lipinski definition) is 1. The van der Waals surface area contributed by atoms with Crippen molar-refractivity contribution in [1.29, 1.82) is 0 Å². The predicted molar refractivity (Wildman–Crippen MR) is 87.5 cm³/mol. The summed E-state index contributed by atoms with van der Waals surface area (Å²) in [4.78, 5) is 18.4. The Morgan fingerprint density at radius 3 is 3.00 bits per heavy atom. The zero-order valence-corrected chi connectivity index (χ0v) is 13.0. The molecule has 0 saturated heterocycles. The molecule has 1 saturated carbocycles. The summed E-state index contributed by atoms with van der Waals surface area (Å²) >= 11 is 1.72. The number of amides is 1. The summed E-state index contributed by atoms with van der Waals surface area (Å²) in [5.41, 5.74) is 1.45. The van der Waals surface area contributed by atoms with Crippen molar-refractivity contribution in [1.82, 2.24) is 14.7 Å². The maximum Gasteiger partial charge on any atom is 0.272 e. The standard InChI is InChI=1S/C17H17N3OS/c21-17(18-9-8-13-4-3-11-22-13)15-14-5-1-2-10-20(14)16(19-15)12-6-7-12/h1-5,10-12H,6-9H2,(H,18,21). The van der Waals surface area contributed by atoms with Crippen LogP contribution >= 0.6 is 11.3 Å². The molecule has 3 aromatic rings. The molecule has 1 aliphatic rings. The number of nitrogens with zero attached hydrogens (tertiary/aromatic N) is 2.